The zero-order chi connectivity index (χ0) is 20.8. The van der Waals surface area contributed by atoms with Gasteiger partial charge in [-0.1, -0.05) is 11.6 Å². The first-order valence-electron chi connectivity index (χ1n) is 10.00. The lowest BCUT2D eigenvalue weighted by atomic mass is 10.0. The predicted octanol–water partition coefficient (Wildman–Crippen LogP) is 2.97. The Kier molecular flexibility index (Phi) is 3.50. The molecule has 2 aliphatic heterocycles. The summed E-state index contributed by atoms with van der Waals surface area (Å²) >= 11 is 5.85. The number of carbonyl (C=O) groups excluding carboxylic acids is 2. The smallest absolute Gasteiger partial charge is 0.272 e. The van der Waals surface area contributed by atoms with Crippen molar-refractivity contribution in [3.63, 3.8) is 0 Å². The summed E-state index contributed by atoms with van der Waals surface area (Å²) in [7, 11) is 1.86. The molecule has 1 fully saturated rings. The van der Waals surface area contributed by atoms with E-state index in [1.165, 1.54) is 12.1 Å². The van der Waals surface area contributed by atoms with Crippen LogP contribution in [0.1, 0.15) is 45.1 Å². The van der Waals surface area contributed by atoms with Gasteiger partial charge < -0.3 is 14.8 Å². The lowest BCUT2D eigenvalue weighted by molar-refractivity contribution is 0.0604. The van der Waals surface area contributed by atoms with Gasteiger partial charge in [-0.05, 0) is 31.0 Å². The third kappa shape index (κ3) is 2.40. The molecule has 4 heterocycles. The van der Waals surface area contributed by atoms with Crippen LogP contribution >= 0.6 is 11.6 Å². The van der Waals surface area contributed by atoms with Crippen molar-refractivity contribution in [2.75, 3.05) is 13.6 Å². The number of fused-ring (bicyclic) bond motifs is 4. The number of aromatic nitrogens is 3. The van der Waals surface area contributed by atoms with Crippen LogP contribution in [0.25, 0.3) is 10.9 Å². The highest BCUT2D eigenvalue weighted by molar-refractivity contribution is 6.31. The van der Waals surface area contributed by atoms with E-state index in [1.54, 1.807) is 11.0 Å². The van der Waals surface area contributed by atoms with Crippen LogP contribution in [0, 0.1) is 5.82 Å². The van der Waals surface area contributed by atoms with Gasteiger partial charge in [-0.25, -0.2) is 4.39 Å². The highest BCUT2D eigenvalue weighted by Gasteiger charge is 2.53. The Morgan fingerprint density at radius 2 is 2.10 bits per heavy atom. The van der Waals surface area contributed by atoms with Crippen LogP contribution in [-0.2, 0) is 19.5 Å². The molecule has 7 nitrogen and oxygen atoms in total. The molecule has 1 saturated carbocycles. The first kappa shape index (κ1) is 17.9. The normalized spacial score (nSPS) is 19.4. The molecule has 2 aromatic heterocycles. The number of amides is 2. The summed E-state index contributed by atoms with van der Waals surface area (Å²) in [6.07, 6.45) is 2.62. The van der Waals surface area contributed by atoms with Crippen molar-refractivity contribution in [2.45, 2.75) is 37.9 Å². The van der Waals surface area contributed by atoms with Crippen molar-refractivity contribution < 1.29 is 14.0 Å². The largest absolute Gasteiger partial charge is 0.350 e. The first-order valence-corrected chi connectivity index (χ1v) is 10.4. The molecule has 0 radical (unpaired) electrons. The number of halogens is 2. The third-order valence-electron chi connectivity index (χ3n) is 6.77. The van der Waals surface area contributed by atoms with Crippen LogP contribution in [0.2, 0.25) is 5.02 Å². The Labute approximate surface area is 176 Å². The van der Waals surface area contributed by atoms with E-state index in [-0.39, 0.29) is 22.4 Å². The van der Waals surface area contributed by atoms with Gasteiger partial charge in [0.2, 0.25) is 0 Å². The molecule has 2 amide bonds. The maximum atomic E-state index is 13.7. The van der Waals surface area contributed by atoms with E-state index in [0.717, 1.165) is 30.6 Å². The quantitative estimate of drug-likeness (QED) is 0.648. The number of benzene rings is 1. The van der Waals surface area contributed by atoms with E-state index < -0.39 is 5.82 Å². The lowest BCUT2D eigenvalue weighted by Gasteiger charge is -2.34. The van der Waals surface area contributed by atoms with E-state index >= 15 is 0 Å². The topological polar surface area (TPSA) is 74.2 Å². The SMILES string of the molecule is CN1C(=O)c2c3c(nn2CC12CC2)CCN(C(=O)c1cc2cc(F)c(Cl)cc2[nH]1)C3. The van der Waals surface area contributed by atoms with Gasteiger partial charge in [0.15, 0.2) is 0 Å². The maximum Gasteiger partial charge on any atom is 0.272 e. The van der Waals surface area contributed by atoms with Crippen molar-refractivity contribution in [3.05, 3.63) is 51.7 Å². The van der Waals surface area contributed by atoms with E-state index in [1.807, 2.05) is 16.6 Å². The molecule has 1 aliphatic carbocycles. The molecular formula is C21H19ClFN5O2. The Morgan fingerprint density at radius 1 is 1.30 bits per heavy atom. The summed E-state index contributed by atoms with van der Waals surface area (Å²) in [6, 6.07) is 4.43. The fourth-order valence-electron chi connectivity index (χ4n) is 4.76. The second-order valence-corrected chi connectivity index (χ2v) is 8.94. The zero-order valence-corrected chi connectivity index (χ0v) is 17.1. The van der Waals surface area contributed by atoms with Crippen molar-refractivity contribution in [2.24, 2.45) is 0 Å². The van der Waals surface area contributed by atoms with Crippen molar-refractivity contribution >= 4 is 34.3 Å². The van der Waals surface area contributed by atoms with E-state index in [9.17, 15) is 14.0 Å². The zero-order valence-electron chi connectivity index (χ0n) is 16.3. The van der Waals surface area contributed by atoms with Crippen LogP contribution in [-0.4, -0.2) is 55.5 Å². The predicted molar refractivity (Wildman–Crippen MR) is 108 cm³/mol. The minimum absolute atomic E-state index is 0.00791. The molecular weight excluding hydrogens is 409 g/mol. The molecule has 0 saturated heterocycles. The second kappa shape index (κ2) is 5.85. The molecule has 0 atom stereocenters. The maximum absolute atomic E-state index is 13.7. The average Bonchev–Trinajstić information content (AvgIpc) is 3.23. The summed E-state index contributed by atoms with van der Waals surface area (Å²) in [5.74, 6) is -0.728. The van der Waals surface area contributed by atoms with Crippen molar-refractivity contribution in [1.29, 1.82) is 0 Å². The van der Waals surface area contributed by atoms with Gasteiger partial charge in [0.25, 0.3) is 11.8 Å². The molecule has 3 aromatic rings. The molecule has 9 heteroatoms. The highest BCUT2D eigenvalue weighted by atomic mass is 35.5. The number of carbonyl (C=O) groups is 2. The van der Waals surface area contributed by atoms with Crippen molar-refractivity contribution in [3.8, 4) is 0 Å². The first-order chi connectivity index (χ1) is 14.4. The van der Waals surface area contributed by atoms with Crippen LogP contribution in [0.4, 0.5) is 4.39 Å². The van der Waals surface area contributed by atoms with Crippen LogP contribution in [0.3, 0.4) is 0 Å². The molecule has 1 spiro atoms. The molecule has 154 valence electrons. The molecule has 0 bridgehead atoms. The summed E-state index contributed by atoms with van der Waals surface area (Å²) in [4.78, 5) is 32.8. The fourth-order valence-corrected chi connectivity index (χ4v) is 4.93. The summed E-state index contributed by atoms with van der Waals surface area (Å²) in [5.41, 5.74) is 3.25. The van der Waals surface area contributed by atoms with E-state index in [0.29, 0.717) is 41.8 Å². The van der Waals surface area contributed by atoms with Gasteiger partial charge >= 0.3 is 0 Å². The number of nitrogens with zero attached hydrogens (tertiary/aromatic N) is 4. The Balaban J connectivity index is 1.33. The van der Waals surface area contributed by atoms with Crippen LogP contribution in [0.15, 0.2) is 18.2 Å². The number of rotatable bonds is 1. The van der Waals surface area contributed by atoms with Crippen molar-refractivity contribution in [1.82, 2.24) is 24.6 Å². The molecule has 0 unspecified atom stereocenters. The van der Waals surface area contributed by atoms with Gasteiger partial charge in [-0.3, -0.25) is 14.3 Å². The Morgan fingerprint density at radius 3 is 2.87 bits per heavy atom. The van der Waals surface area contributed by atoms with Gasteiger partial charge in [-0.2, -0.15) is 5.10 Å². The third-order valence-corrected chi connectivity index (χ3v) is 7.06. The summed E-state index contributed by atoms with van der Waals surface area (Å²) < 4.78 is 15.6. The highest BCUT2D eigenvalue weighted by Crippen LogP contribution is 2.46. The second-order valence-electron chi connectivity index (χ2n) is 8.53. The Hall–Kier alpha value is -2.87. The molecule has 30 heavy (non-hydrogen) atoms. The lowest BCUT2D eigenvalue weighted by Crippen LogP contribution is -2.48. The van der Waals surface area contributed by atoms with Gasteiger partial charge in [0.1, 0.15) is 17.2 Å². The van der Waals surface area contributed by atoms with Gasteiger partial charge in [0.05, 0.1) is 29.3 Å². The molecule has 3 aliphatic rings. The van der Waals surface area contributed by atoms with Gasteiger partial charge in [0, 0.05) is 36.5 Å². The molecule has 6 rings (SSSR count). The van der Waals surface area contributed by atoms with E-state index in [4.69, 9.17) is 16.7 Å². The number of likely N-dealkylation sites (N-methyl/N-ethyl adjacent to an activating group) is 1. The number of hydrogen-bond acceptors (Lipinski definition) is 3. The Bertz CT molecular complexity index is 1220. The van der Waals surface area contributed by atoms with E-state index in [2.05, 4.69) is 4.98 Å². The summed E-state index contributed by atoms with van der Waals surface area (Å²) in [5, 5.41) is 5.30. The molecule has 1 aromatic carbocycles. The summed E-state index contributed by atoms with van der Waals surface area (Å²) in [6.45, 7) is 1.57. The van der Waals surface area contributed by atoms with Crippen LogP contribution in [0.5, 0.6) is 0 Å². The fraction of sp³-hybridized carbons (Fsp3) is 0.381. The van der Waals surface area contributed by atoms with Gasteiger partial charge in [-0.15, -0.1) is 0 Å². The standard InChI is InChI=1S/C21H19ClFN5O2/c1-26-20(30)18-12-9-27(5-2-15(12)25-28(18)10-21(26)3-4-21)19(29)17-7-11-6-14(23)13(22)8-16(11)24-17/h6-8,24H,2-5,9-10H2,1H3. The number of aromatic amines is 1. The average molecular weight is 428 g/mol. The molecule has 1 N–H and O–H groups in total. The minimum Gasteiger partial charge on any atom is -0.350 e. The van der Waals surface area contributed by atoms with Crippen LogP contribution < -0.4 is 0 Å². The monoisotopic (exact) mass is 427 g/mol. The number of H-pyrrole nitrogens is 1. The number of nitrogens with one attached hydrogen (secondary N) is 1. The number of hydrogen-bond donors (Lipinski definition) is 1. The minimum atomic E-state index is -0.521.